The normalized spacial score (nSPS) is 12.2. The van der Waals surface area contributed by atoms with Gasteiger partial charge in [-0.1, -0.05) is 50.6 Å². The average molecular weight is 405 g/mol. The fraction of sp³-hybridized carbons (Fsp3) is 0.263. The van der Waals surface area contributed by atoms with Crippen molar-refractivity contribution >= 4 is 27.3 Å². The smallest absolute Gasteiger partial charge is 0.261 e. The molecule has 2 aromatic carbocycles. The lowest BCUT2D eigenvalue weighted by atomic mass is 9.82. The Labute approximate surface area is 164 Å². The van der Waals surface area contributed by atoms with Gasteiger partial charge in [0.05, 0.1) is 10.6 Å². The number of aryl methyl sites for hydroxylation is 1. The summed E-state index contributed by atoms with van der Waals surface area (Å²) in [5.74, 6) is 0.535. The van der Waals surface area contributed by atoms with E-state index < -0.39 is 10.0 Å². The summed E-state index contributed by atoms with van der Waals surface area (Å²) in [7, 11) is -1.96. The van der Waals surface area contributed by atoms with Crippen LogP contribution >= 0.6 is 11.6 Å². The molecule has 0 aliphatic rings. The highest BCUT2D eigenvalue weighted by molar-refractivity contribution is 7.92. The topological polar surface area (TPSA) is 76.9 Å². The third kappa shape index (κ3) is 3.84. The van der Waals surface area contributed by atoms with Gasteiger partial charge in [0.15, 0.2) is 5.82 Å². The minimum absolute atomic E-state index is 0.182. The number of hydrogen-bond donors (Lipinski definition) is 1. The van der Waals surface area contributed by atoms with Gasteiger partial charge in [0, 0.05) is 17.6 Å². The number of hydrogen-bond acceptors (Lipinski definition) is 4. The molecule has 0 amide bonds. The summed E-state index contributed by atoms with van der Waals surface area (Å²) >= 11 is 6.51. The van der Waals surface area contributed by atoms with Crippen molar-refractivity contribution in [2.24, 2.45) is 7.05 Å². The average Bonchev–Trinajstić information content (AvgIpc) is 3.01. The van der Waals surface area contributed by atoms with E-state index in [4.69, 9.17) is 11.6 Å². The van der Waals surface area contributed by atoms with Gasteiger partial charge in [-0.3, -0.25) is 4.72 Å². The van der Waals surface area contributed by atoms with Gasteiger partial charge in [-0.15, -0.1) is 10.2 Å². The highest BCUT2D eigenvalue weighted by Crippen LogP contribution is 2.42. The van der Waals surface area contributed by atoms with E-state index in [-0.39, 0.29) is 10.3 Å². The summed E-state index contributed by atoms with van der Waals surface area (Å²) in [4.78, 5) is 0.182. The number of sulfonamides is 1. The molecular formula is C19H21ClN4O2S. The Morgan fingerprint density at radius 2 is 1.74 bits per heavy atom. The zero-order valence-electron chi connectivity index (χ0n) is 15.6. The maximum Gasteiger partial charge on any atom is 0.261 e. The van der Waals surface area contributed by atoms with Gasteiger partial charge in [-0.05, 0) is 35.2 Å². The van der Waals surface area contributed by atoms with Crippen molar-refractivity contribution < 1.29 is 8.42 Å². The molecule has 0 fully saturated rings. The summed E-state index contributed by atoms with van der Waals surface area (Å²) in [6, 6.07) is 11.6. The quantitative estimate of drug-likeness (QED) is 0.705. The lowest BCUT2D eigenvalue weighted by Gasteiger charge is -2.26. The number of halogens is 1. The van der Waals surface area contributed by atoms with Crippen molar-refractivity contribution in [1.29, 1.82) is 0 Å². The maximum absolute atomic E-state index is 12.9. The molecule has 3 rings (SSSR count). The summed E-state index contributed by atoms with van der Waals surface area (Å²) in [6.45, 7) is 6.05. The predicted octanol–water partition coefficient (Wildman–Crippen LogP) is 4.23. The van der Waals surface area contributed by atoms with E-state index in [1.807, 2.05) is 20.8 Å². The molecule has 8 heteroatoms. The van der Waals surface area contributed by atoms with Crippen molar-refractivity contribution in [2.45, 2.75) is 31.1 Å². The first-order chi connectivity index (χ1) is 12.6. The van der Waals surface area contributed by atoms with Crippen molar-refractivity contribution in [3.63, 3.8) is 0 Å². The molecule has 6 nitrogen and oxygen atoms in total. The second-order valence-corrected chi connectivity index (χ2v) is 9.37. The molecule has 1 N–H and O–H groups in total. The first kappa shape index (κ1) is 19.4. The second-order valence-electron chi connectivity index (χ2n) is 7.28. The van der Waals surface area contributed by atoms with E-state index in [9.17, 15) is 8.42 Å². The molecule has 1 aromatic heterocycles. The molecule has 0 atom stereocenters. The first-order valence-electron chi connectivity index (χ1n) is 8.36. The molecule has 0 bridgehead atoms. The van der Waals surface area contributed by atoms with Crippen LogP contribution in [0.2, 0.25) is 5.02 Å². The van der Waals surface area contributed by atoms with Crippen LogP contribution in [0, 0.1) is 0 Å². The monoisotopic (exact) mass is 404 g/mol. The van der Waals surface area contributed by atoms with E-state index in [2.05, 4.69) is 14.9 Å². The van der Waals surface area contributed by atoms with Crippen LogP contribution in [0.3, 0.4) is 0 Å². The van der Waals surface area contributed by atoms with Gasteiger partial charge in [0.2, 0.25) is 0 Å². The number of nitrogens with zero attached hydrogens (tertiary/aromatic N) is 3. The SMILES string of the molecule is Cn1cnnc1-c1c(NS(=O)(=O)c2ccccc2)ccc(Cl)c1C(C)(C)C. The molecule has 1 heterocycles. The van der Waals surface area contributed by atoms with Gasteiger partial charge >= 0.3 is 0 Å². The Hall–Kier alpha value is -2.38. The van der Waals surface area contributed by atoms with Crippen molar-refractivity contribution in [3.8, 4) is 11.4 Å². The fourth-order valence-corrected chi connectivity index (χ4v) is 4.47. The standard InChI is InChI=1S/C19H21ClN4O2S/c1-19(2,3)17-14(20)10-11-15(16(17)18-22-21-12-24(18)4)23-27(25,26)13-8-6-5-7-9-13/h5-12,23H,1-4H3. The van der Waals surface area contributed by atoms with E-state index in [0.29, 0.717) is 22.1 Å². The summed E-state index contributed by atoms with van der Waals surface area (Å²) in [6.07, 6.45) is 1.57. The molecule has 0 radical (unpaired) electrons. The molecule has 0 aliphatic heterocycles. The summed E-state index contributed by atoms with van der Waals surface area (Å²) in [5, 5.41) is 8.67. The highest BCUT2D eigenvalue weighted by atomic mass is 35.5. The van der Waals surface area contributed by atoms with Crippen LogP contribution in [0.4, 0.5) is 5.69 Å². The zero-order chi connectivity index (χ0) is 19.8. The molecule has 27 heavy (non-hydrogen) atoms. The molecule has 0 unspecified atom stereocenters. The highest BCUT2D eigenvalue weighted by Gasteiger charge is 2.28. The van der Waals surface area contributed by atoms with Crippen LogP contribution in [0.25, 0.3) is 11.4 Å². The van der Waals surface area contributed by atoms with Crippen molar-refractivity contribution in [1.82, 2.24) is 14.8 Å². The molecule has 0 saturated heterocycles. The van der Waals surface area contributed by atoms with Gasteiger partial charge in [-0.25, -0.2) is 8.42 Å². The van der Waals surface area contributed by atoms with E-state index in [1.54, 1.807) is 60.4 Å². The van der Waals surface area contributed by atoms with Gasteiger partial charge < -0.3 is 4.57 Å². The van der Waals surface area contributed by atoms with Crippen LogP contribution < -0.4 is 4.72 Å². The lowest BCUT2D eigenvalue weighted by Crippen LogP contribution is -2.19. The largest absolute Gasteiger partial charge is 0.317 e. The minimum Gasteiger partial charge on any atom is -0.317 e. The van der Waals surface area contributed by atoms with Gasteiger partial charge in [0.1, 0.15) is 6.33 Å². The third-order valence-corrected chi connectivity index (χ3v) is 5.83. The van der Waals surface area contributed by atoms with Crippen molar-refractivity contribution in [3.05, 3.63) is 59.4 Å². The van der Waals surface area contributed by atoms with Crippen LogP contribution in [-0.4, -0.2) is 23.2 Å². The van der Waals surface area contributed by atoms with E-state index >= 15 is 0 Å². The Kier molecular flexibility index (Phi) is 5.01. The molecular weight excluding hydrogens is 384 g/mol. The van der Waals surface area contributed by atoms with Crippen LogP contribution in [0.5, 0.6) is 0 Å². The Morgan fingerprint density at radius 3 is 2.30 bits per heavy atom. The van der Waals surface area contributed by atoms with Crippen molar-refractivity contribution in [2.75, 3.05) is 4.72 Å². The Balaban J connectivity index is 2.24. The van der Waals surface area contributed by atoms with E-state index in [1.165, 1.54) is 0 Å². The lowest BCUT2D eigenvalue weighted by molar-refractivity contribution is 0.590. The Bertz CT molecular complexity index is 1070. The van der Waals surface area contributed by atoms with Crippen LogP contribution in [0.1, 0.15) is 26.3 Å². The number of aromatic nitrogens is 3. The number of rotatable bonds is 4. The minimum atomic E-state index is -3.77. The number of benzene rings is 2. The van der Waals surface area contributed by atoms with Crippen LogP contribution in [-0.2, 0) is 22.5 Å². The second kappa shape index (κ2) is 6.98. The summed E-state index contributed by atoms with van der Waals surface area (Å²) < 4.78 is 30.2. The fourth-order valence-electron chi connectivity index (χ4n) is 2.94. The number of anilines is 1. The molecule has 3 aromatic rings. The zero-order valence-corrected chi connectivity index (χ0v) is 17.1. The Morgan fingerprint density at radius 1 is 1.07 bits per heavy atom. The number of nitrogens with one attached hydrogen (secondary N) is 1. The van der Waals surface area contributed by atoms with Crippen LogP contribution in [0.15, 0.2) is 53.7 Å². The van der Waals surface area contributed by atoms with Gasteiger partial charge in [-0.2, -0.15) is 0 Å². The van der Waals surface area contributed by atoms with E-state index in [0.717, 1.165) is 5.56 Å². The maximum atomic E-state index is 12.9. The third-order valence-electron chi connectivity index (χ3n) is 4.14. The molecule has 0 spiro atoms. The van der Waals surface area contributed by atoms with Gasteiger partial charge in [0.25, 0.3) is 10.0 Å². The molecule has 0 saturated carbocycles. The molecule has 142 valence electrons. The summed E-state index contributed by atoms with van der Waals surface area (Å²) in [5.41, 5.74) is 1.49. The first-order valence-corrected chi connectivity index (χ1v) is 10.2. The molecule has 0 aliphatic carbocycles. The predicted molar refractivity (Wildman–Crippen MR) is 107 cm³/mol.